The number of rotatable bonds is 1. The summed E-state index contributed by atoms with van der Waals surface area (Å²) in [5.74, 6) is -0.122. The van der Waals surface area contributed by atoms with Crippen molar-refractivity contribution in [2.45, 2.75) is 0 Å². The molecule has 0 aromatic carbocycles. The van der Waals surface area contributed by atoms with E-state index in [9.17, 15) is 4.39 Å². The van der Waals surface area contributed by atoms with Gasteiger partial charge in [-0.1, -0.05) is 0 Å². The normalized spacial score (nSPS) is 10.4. The van der Waals surface area contributed by atoms with Crippen molar-refractivity contribution in [1.29, 1.82) is 5.26 Å². The quantitative estimate of drug-likeness (QED) is 0.659. The summed E-state index contributed by atoms with van der Waals surface area (Å²) in [6.07, 6.45) is 2.87. The zero-order valence-electron chi connectivity index (χ0n) is 9.05. The van der Waals surface area contributed by atoms with Gasteiger partial charge in [-0.2, -0.15) is 9.65 Å². The molecule has 18 heavy (non-hydrogen) atoms. The van der Waals surface area contributed by atoms with Gasteiger partial charge in [0.1, 0.15) is 17.4 Å². The number of pyridine rings is 2. The van der Waals surface area contributed by atoms with Crippen LogP contribution in [-0.2, 0) is 0 Å². The lowest BCUT2D eigenvalue weighted by Crippen LogP contribution is -1.85. The molecule has 0 aliphatic rings. The van der Waals surface area contributed by atoms with E-state index in [1.807, 2.05) is 6.07 Å². The van der Waals surface area contributed by atoms with Gasteiger partial charge < -0.3 is 4.98 Å². The van der Waals surface area contributed by atoms with Crippen LogP contribution >= 0.6 is 0 Å². The predicted molar refractivity (Wildman–Crippen MR) is 61.8 cm³/mol. The molecule has 0 atom stereocenters. The second-order valence-electron chi connectivity index (χ2n) is 3.62. The first-order valence-corrected chi connectivity index (χ1v) is 5.14. The molecule has 1 N–H and O–H groups in total. The van der Waals surface area contributed by atoms with E-state index in [4.69, 9.17) is 5.26 Å². The van der Waals surface area contributed by atoms with Crippen LogP contribution in [0, 0.1) is 17.3 Å². The Hall–Kier alpha value is -2.81. The number of hydrogen-bond donors (Lipinski definition) is 1. The molecule has 5 nitrogen and oxygen atoms in total. The Morgan fingerprint density at radius 3 is 2.83 bits per heavy atom. The lowest BCUT2D eigenvalue weighted by atomic mass is 10.2. The van der Waals surface area contributed by atoms with Gasteiger partial charge in [-0.15, -0.1) is 0 Å². The van der Waals surface area contributed by atoms with Crippen molar-refractivity contribution in [3.8, 4) is 17.5 Å². The highest BCUT2D eigenvalue weighted by molar-refractivity contribution is 5.81. The van der Waals surface area contributed by atoms with E-state index in [0.717, 1.165) is 0 Å². The Morgan fingerprint density at radius 1 is 1.22 bits per heavy atom. The van der Waals surface area contributed by atoms with Crippen molar-refractivity contribution in [2.75, 3.05) is 0 Å². The van der Waals surface area contributed by atoms with Crippen LogP contribution in [-0.4, -0.2) is 19.9 Å². The first kappa shape index (κ1) is 10.4. The highest BCUT2D eigenvalue weighted by atomic mass is 19.1. The molecular formula is C12H6FN5. The smallest absolute Gasteiger partial charge is 0.213 e. The predicted octanol–water partition coefficient (Wildman–Crippen LogP) is 2.03. The lowest BCUT2D eigenvalue weighted by molar-refractivity contribution is 0.584. The molecule has 0 spiro atoms. The van der Waals surface area contributed by atoms with E-state index < -0.39 is 5.95 Å². The van der Waals surface area contributed by atoms with Crippen LogP contribution in [0.4, 0.5) is 4.39 Å². The summed E-state index contributed by atoms with van der Waals surface area (Å²) in [5.41, 5.74) is 1.99. The third kappa shape index (κ3) is 1.58. The van der Waals surface area contributed by atoms with Crippen LogP contribution in [0.15, 0.2) is 30.6 Å². The molecule has 0 bridgehead atoms. The fourth-order valence-corrected chi connectivity index (χ4v) is 1.69. The maximum absolute atomic E-state index is 13.0. The maximum atomic E-state index is 13.0. The summed E-state index contributed by atoms with van der Waals surface area (Å²) >= 11 is 0. The zero-order chi connectivity index (χ0) is 12.5. The Bertz CT molecular complexity index is 771. The molecule has 0 unspecified atom stereocenters. The Kier molecular flexibility index (Phi) is 2.24. The molecule has 0 amide bonds. The Balaban J connectivity index is 2.23. The van der Waals surface area contributed by atoms with Crippen molar-refractivity contribution in [3.05, 3.63) is 42.1 Å². The minimum Gasteiger partial charge on any atom is -0.335 e. The first-order chi connectivity index (χ1) is 8.78. The first-order valence-electron chi connectivity index (χ1n) is 5.14. The number of nitrogens with one attached hydrogen (secondary N) is 1. The van der Waals surface area contributed by atoms with Crippen LogP contribution < -0.4 is 0 Å². The van der Waals surface area contributed by atoms with Gasteiger partial charge in [0, 0.05) is 24.0 Å². The van der Waals surface area contributed by atoms with Crippen molar-refractivity contribution >= 4 is 11.2 Å². The molecule has 0 fully saturated rings. The average molecular weight is 239 g/mol. The molecule has 86 valence electrons. The van der Waals surface area contributed by atoms with Gasteiger partial charge >= 0.3 is 0 Å². The summed E-state index contributed by atoms with van der Waals surface area (Å²) in [7, 11) is 0. The largest absolute Gasteiger partial charge is 0.335 e. The van der Waals surface area contributed by atoms with E-state index in [1.54, 1.807) is 12.1 Å². The second-order valence-corrected chi connectivity index (χ2v) is 3.62. The van der Waals surface area contributed by atoms with Gasteiger partial charge in [0.05, 0.1) is 5.56 Å². The minimum atomic E-state index is -0.582. The molecule has 3 aromatic heterocycles. The molecule has 3 aromatic rings. The zero-order valence-corrected chi connectivity index (χ0v) is 9.05. The molecule has 6 heteroatoms. The summed E-state index contributed by atoms with van der Waals surface area (Å²) in [6, 6.07) is 6.54. The van der Waals surface area contributed by atoms with Gasteiger partial charge in [-0.3, -0.25) is 0 Å². The number of fused-ring (bicyclic) bond motifs is 1. The third-order valence-electron chi connectivity index (χ3n) is 2.51. The van der Waals surface area contributed by atoms with E-state index in [2.05, 4.69) is 19.9 Å². The average Bonchev–Trinajstić information content (AvgIpc) is 2.82. The van der Waals surface area contributed by atoms with Crippen molar-refractivity contribution < 1.29 is 4.39 Å². The number of halogens is 1. The number of nitrogens with zero attached hydrogens (tertiary/aromatic N) is 4. The summed E-state index contributed by atoms with van der Waals surface area (Å²) < 4.78 is 13.0. The van der Waals surface area contributed by atoms with Gasteiger partial charge in [-0.25, -0.2) is 15.0 Å². The molecular weight excluding hydrogens is 233 g/mol. The molecule has 3 rings (SSSR count). The fraction of sp³-hybridized carbons (Fsp3) is 0. The molecule has 0 saturated heterocycles. The SMILES string of the molecule is N#Cc1ccnc2nc(-c3ccnc(F)c3)[nH]c12. The second kappa shape index (κ2) is 3.89. The maximum Gasteiger partial charge on any atom is 0.213 e. The summed E-state index contributed by atoms with van der Waals surface area (Å²) in [6.45, 7) is 0. The molecule has 3 heterocycles. The highest BCUT2D eigenvalue weighted by Crippen LogP contribution is 2.20. The van der Waals surface area contributed by atoms with Gasteiger partial charge in [0.15, 0.2) is 5.65 Å². The monoisotopic (exact) mass is 239 g/mol. The van der Waals surface area contributed by atoms with E-state index in [0.29, 0.717) is 28.1 Å². The molecule has 0 radical (unpaired) electrons. The van der Waals surface area contributed by atoms with Gasteiger partial charge in [-0.05, 0) is 12.1 Å². The summed E-state index contributed by atoms with van der Waals surface area (Å²) in [5, 5.41) is 8.96. The van der Waals surface area contributed by atoms with Gasteiger partial charge in [0.25, 0.3) is 0 Å². The van der Waals surface area contributed by atoms with Crippen LogP contribution in [0.2, 0.25) is 0 Å². The van der Waals surface area contributed by atoms with Gasteiger partial charge in [0.2, 0.25) is 5.95 Å². The fourth-order valence-electron chi connectivity index (χ4n) is 1.69. The molecule has 0 aliphatic carbocycles. The third-order valence-corrected chi connectivity index (χ3v) is 2.51. The summed E-state index contributed by atoms with van der Waals surface area (Å²) in [4.78, 5) is 14.7. The Labute approximate surface area is 101 Å². The van der Waals surface area contributed by atoms with Crippen LogP contribution in [0.1, 0.15) is 5.56 Å². The number of imidazole rings is 1. The van der Waals surface area contributed by atoms with Crippen molar-refractivity contribution in [2.24, 2.45) is 0 Å². The molecule has 0 saturated carbocycles. The van der Waals surface area contributed by atoms with E-state index in [-0.39, 0.29) is 0 Å². The number of hydrogen-bond acceptors (Lipinski definition) is 4. The Morgan fingerprint density at radius 2 is 2.06 bits per heavy atom. The molecule has 0 aliphatic heterocycles. The number of aromatic amines is 1. The highest BCUT2D eigenvalue weighted by Gasteiger charge is 2.10. The number of aromatic nitrogens is 4. The lowest BCUT2D eigenvalue weighted by Gasteiger charge is -1.94. The van der Waals surface area contributed by atoms with E-state index in [1.165, 1.54) is 18.5 Å². The van der Waals surface area contributed by atoms with Crippen LogP contribution in [0.3, 0.4) is 0 Å². The number of nitriles is 1. The minimum absolute atomic E-state index is 0.432. The standard InChI is InChI=1S/C12H6FN5/c13-9-5-7(1-3-15-9)11-17-10-8(6-14)2-4-16-12(10)18-11/h1-5H,(H,16,17,18). The van der Waals surface area contributed by atoms with E-state index >= 15 is 0 Å². The topological polar surface area (TPSA) is 78.2 Å². The van der Waals surface area contributed by atoms with Crippen LogP contribution in [0.25, 0.3) is 22.6 Å². The number of H-pyrrole nitrogens is 1. The van der Waals surface area contributed by atoms with Crippen molar-refractivity contribution in [1.82, 2.24) is 19.9 Å². The van der Waals surface area contributed by atoms with Crippen LogP contribution in [0.5, 0.6) is 0 Å². The van der Waals surface area contributed by atoms with Crippen molar-refractivity contribution in [3.63, 3.8) is 0 Å².